The van der Waals surface area contributed by atoms with Crippen molar-refractivity contribution in [3.8, 4) is 0 Å². The maximum absolute atomic E-state index is 12.0. The fourth-order valence-electron chi connectivity index (χ4n) is 2.35. The van der Waals surface area contributed by atoms with Crippen LogP contribution in [0.3, 0.4) is 0 Å². The number of hydrogen-bond donors (Lipinski definition) is 6. The van der Waals surface area contributed by atoms with Gasteiger partial charge in [-0.1, -0.05) is 12.1 Å². The molecule has 0 radical (unpaired) electrons. The highest BCUT2D eigenvalue weighted by Gasteiger charge is 2.59. The van der Waals surface area contributed by atoms with Gasteiger partial charge >= 0.3 is 27.1 Å². The molecule has 15 heteroatoms. The summed E-state index contributed by atoms with van der Waals surface area (Å²) in [7, 11) is -15.0. The summed E-state index contributed by atoms with van der Waals surface area (Å²) < 4.78 is 46.4. The van der Waals surface area contributed by atoms with Crippen molar-refractivity contribution in [1.29, 1.82) is 0 Å². The van der Waals surface area contributed by atoms with Gasteiger partial charge in [0.15, 0.2) is 20.7 Å². The molecule has 0 saturated carbocycles. The van der Waals surface area contributed by atoms with Gasteiger partial charge in [-0.2, -0.15) is 0 Å². The molecule has 6 N–H and O–H groups in total. The molecule has 1 aromatic carbocycles. The largest absolute Gasteiger partial charge is 0.481 e. The van der Waals surface area contributed by atoms with Crippen molar-refractivity contribution in [2.45, 2.75) is 22.1 Å². The maximum atomic E-state index is 12.0. The molecular weight excluding hydrogens is 430 g/mol. The summed E-state index contributed by atoms with van der Waals surface area (Å²) in [6.07, 6.45) is -0.811. The summed E-state index contributed by atoms with van der Waals surface area (Å²) in [4.78, 5) is 60.2. The van der Waals surface area contributed by atoms with Gasteiger partial charge in [-0.05, 0) is 17.7 Å². The van der Waals surface area contributed by atoms with E-state index in [0.29, 0.717) is 0 Å². The van der Waals surface area contributed by atoms with Crippen LogP contribution in [-0.2, 0) is 33.7 Å². The van der Waals surface area contributed by atoms with Gasteiger partial charge in [0.25, 0.3) is 0 Å². The summed E-state index contributed by atoms with van der Waals surface area (Å²) in [5.41, 5.74) is -3.44. The quantitative estimate of drug-likeness (QED) is 0.280. The van der Waals surface area contributed by atoms with Crippen LogP contribution in [0.5, 0.6) is 0 Å². The fraction of sp³-hybridized carbons (Fsp3) is 0.333. The van der Waals surface area contributed by atoms with Crippen molar-refractivity contribution >= 4 is 37.0 Å². The first-order valence-corrected chi connectivity index (χ1v) is 12.0. The van der Waals surface area contributed by atoms with Crippen molar-refractivity contribution < 1.29 is 56.9 Å². The van der Waals surface area contributed by atoms with E-state index in [-0.39, 0.29) is 4.90 Å². The van der Waals surface area contributed by atoms with E-state index in [4.69, 9.17) is 14.9 Å². The third kappa shape index (κ3) is 4.82. The number of carbonyl (C=O) groups is 2. The van der Waals surface area contributed by atoms with Gasteiger partial charge in [-0.15, -0.1) is 0 Å². The first-order valence-electron chi connectivity index (χ1n) is 6.82. The summed E-state index contributed by atoms with van der Waals surface area (Å²) in [5.74, 6) is -4.39. The second-order valence-electron chi connectivity index (χ2n) is 5.65. The van der Waals surface area contributed by atoms with Gasteiger partial charge in [0.2, 0.25) is 0 Å². The van der Waals surface area contributed by atoms with E-state index in [0.717, 1.165) is 30.5 Å². The number of hydrogen-bond acceptors (Lipinski definition) is 6. The van der Waals surface area contributed by atoms with Crippen molar-refractivity contribution in [2.24, 2.45) is 0 Å². The number of carboxylic acids is 2. The highest BCUT2D eigenvalue weighted by atomic mass is 32.2. The Balaban J connectivity index is 3.76. The number of sulfone groups is 1. The Bertz CT molecular complexity index is 941. The molecule has 0 bridgehead atoms. The van der Waals surface area contributed by atoms with E-state index in [2.05, 4.69) is 0 Å². The third-order valence-corrected chi connectivity index (χ3v) is 7.76. The lowest BCUT2D eigenvalue weighted by atomic mass is 9.93. The summed E-state index contributed by atoms with van der Waals surface area (Å²) in [6.45, 7) is 0. The van der Waals surface area contributed by atoms with Crippen molar-refractivity contribution in [3.05, 3.63) is 29.8 Å². The van der Waals surface area contributed by atoms with Crippen LogP contribution in [0.15, 0.2) is 29.2 Å². The predicted octanol–water partition coefficient (Wildman–Crippen LogP) is -0.431. The van der Waals surface area contributed by atoms with Crippen LogP contribution >= 0.6 is 15.2 Å². The van der Waals surface area contributed by atoms with Crippen LogP contribution in [0.4, 0.5) is 0 Å². The molecule has 0 amide bonds. The van der Waals surface area contributed by atoms with Gasteiger partial charge < -0.3 is 29.8 Å². The molecule has 152 valence electrons. The topological polar surface area (TPSA) is 224 Å². The van der Waals surface area contributed by atoms with Gasteiger partial charge in [0, 0.05) is 12.7 Å². The molecular formula is C12H16O12P2S. The van der Waals surface area contributed by atoms with Crippen molar-refractivity contribution in [1.82, 2.24) is 0 Å². The molecule has 12 nitrogen and oxygen atoms in total. The molecule has 1 rings (SSSR count). The fourth-order valence-corrected chi connectivity index (χ4v) is 5.08. The van der Waals surface area contributed by atoms with E-state index >= 15 is 0 Å². The number of carboxylic acid groups (broad SMARTS) is 2. The lowest BCUT2D eigenvalue weighted by Crippen LogP contribution is -2.41. The Labute approximate surface area is 152 Å². The molecule has 0 spiro atoms. The Morgan fingerprint density at radius 3 is 1.74 bits per heavy atom. The first-order chi connectivity index (χ1) is 11.9. The van der Waals surface area contributed by atoms with E-state index in [1.54, 1.807) is 0 Å². The zero-order valence-electron chi connectivity index (χ0n) is 13.5. The molecule has 0 aromatic heterocycles. The molecule has 1 aromatic rings. The van der Waals surface area contributed by atoms with Gasteiger partial charge in [0.05, 0.1) is 4.90 Å². The van der Waals surface area contributed by atoms with Crippen LogP contribution in [0.2, 0.25) is 0 Å². The maximum Gasteiger partial charge on any atom is 0.347 e. The number of rotatable bonds is 8. The zero-order valence-corrected chi connectivity index (χ0v) is 16.1. The second kappa shape index (κ2) is 7.44. The molecule has 0 fully saturated rings. The minimum absolute atomic E-state index is 0.318. The van der Waals surface area contributed by atoms with Crippen molar-refractivity contribution in [2.75, 3.05) is 6.26 Å². The molecule has 2 unspecified atom stereocenters. The van der Waals surface area contributed by atoms with Crippen LogP contribution in [0.1, 0.15) is 12.0 Å². The molecule has 0 aliphatic carbocycles. The molecule has 27 heavy (non-hydrogen) atoms. The number of aliphatic carboxylic acids is 2. The Hall–Kier alpha value is -1.59. The monoisotopic (exact) mass is 446 g/mol. The normalized spacial score (nSPS) is 16.3. The van der Waals surface area contributed by atoms with E-state index < -0.39 is 59.8 Å². The van der Waals surface area contributed by atoms with Crippen LogP contribution in [0.25, 0.3) is 0 Å². The standard InChI is InChI=1S/C12H16O12P2S/c1-27(23,24)8-4-2-7(3-5-8)12(11(15)16,26(20,21)22)6-9(10(13)14)25(17,18)19/h2-5,9H,6H2,1H3,(H,13,14)(H,15,16)(H2,17,18,19)(H2,20,21,22). The summed E-state index contributed by atoms with van der Waals surface area (Å²) in [5, 5.41) is 15.2. The average molecular weight is 446 g/mol. The highest BCUT2D eigenvalue weighted by Crippen LogP contribution is 2.62. The average Bonchev–Trinajstić information content (AvgIpc) is 2.43. The van der Waals surface area contributed by atoms with Crippen LogP contribution in [-0.4, -0.2) is 62.1 Å². The third-order valence-electron chi connectivity index (χ3n) is 3.79. The lowest BCUT2D eigenvalue weighted by Gasteiger charge is -2.32. The van der Waals surface area contributed by atoms with Gasteiger partial charge in [-0.25, -0.2) is 8.42 Å². The molecule has 0 heterocycles. The summed E-state index contributed by atoms with van der Waals surface area (Å²) >= 11 is 0. The van der Waals surface area contributed by atoms with E-state index in [9.17, 15) is 42.0 Å². The molecule has 0 aliphatic heterocycles. The minimum Gasteiger partial charge on any atom is -0.481 e. The van der Waals surface area contributed by atoms with Crippen LogP contribution in [0, 0.1) is 0 Å². The zero-order chi connectivity index (χ0) is 21.4. The van der Waals surface area contributed by atoms with E-state index in [1.807, 2.05) is 0 Å². The Morgan fingerprint density at radius 2 is 1.48 bits per heavy atom. The highest BCUT2D eigenvalue weighted by molar-refractivity contribution is 7.90. The lowest BCUT2D eigenvalue weighted by molar-refractivity contribution is -0.142. The van der Waals surface area contributed by atoms with Crippen molar-refractivity contribution in [3.63, 3.8) is 0 Å². The number of benzene rings is 1. The first kappa shape index (κ1) is 23.4. The molecule has 0 aliphatic rings. The predicted molar refractivity (Wildman–Crippen MR) is 89.0 cm³/mol. The molecule has 0 saturated heterocycles. The van der Waals surface area contributed by atoms with Gasteiger partial charge in [0.1, 0.15) is 0 Å². The minimum atomic E-state index is -5.76. The second-order valence-corrected chi connectivity index (χ2v) is 11.3. The van der Waals surface area contributed by atoms with E-state index in [1.165, 1.54) is 0 Å². The molecule has 2 atom stereocenters. The van der Waals surface area contributed by atoms with Crippen LogP contribution < -0.4 is 0 Å². The van der Waals surface area contributed by atoms with Gasteiger partial charge in [-0.3, -0.25) is 18.7 Å². The SMILES string of the molecule is CS(=O)(=O)c1ccc(C(CC(C(=O)O)P(=O)(O)O)(C(=O)O)P(=O)(O)O)cc1. The Kier molecular flexibility index (Phi) is 6.46. The Morgan fingerprint density at radius 1 is 1.04 bits per heavy atom. The smallest absolute Gasteiger partial charge is 0.347 e. The summed E-state index contributed by atoms with van der Waals surface area (Å²) in [6, 6.07) is 3.15.